The molecule has 25 heavy (non-hydrogen) atoms. The molecule has 0 saturated carbocycles. The molecule has 0 aliphatic carbocycles. The van der Waals surface area contributed by atoms with Gasteiger partial charge in [-0.15, -0.1) is 0 Å². The number of hydrogen-bond donors (Lipinski definition) is 2. The highest BCUT2D eigenvalue weighted by Gasteiger charge is 2.08. The molecule has 1 aromatic heterocycles. The second-order valence-corrected chi connectivity index (χ2v) is 6.72. The number of benzene rings is 1. The van der Waals surface area contributed by atoms with Crippen LogP contribution in [0.5, 0.6) is 5.75 Å². The van der Waals surface area contributed by atoms with Crippen LogP contribution < -0.4 is 15.4 Å². The maximum atomic E-state index is 12.4. The molecule has 2 rings (SSSR count). The molecule has 0 bridgehead atoms. The number of rotatable bonds is 8. The van der Waals surface area contributed by atoms with Crippen molar-refractivity contribution in [3.8, 4) is 5.75 Å². The number of nitrogens with one attached hydrogen (secondary N) is 2. The standard InChI is InChI=1S/C20H27N3O2/c1-14(2)9-10-22-18-11-16(12-21-13-18)20(24)23-17-5-7-19(8-6-17)25-15(3)4/h5-8,11-15,22H,9-10H2,1-4H3,(H,23,24). The minimum absolute atomic E-state index is 0.123. The normalized spacial score (nSPS) is 10.8. The number of amides is 1. The number of aromatic nitrogens is 1. The maximum Gasteiger partial charge on any atom is 0.257 e. The zero-order valence-corrected chi connectivity index (χ0v) is 15.4. The van der Waals surface area contributed by atoms with Crippen LogP contribution >= 0.6 is 0 Å². The van der Waals surface area contributed by atoms with E-state index in [4.69, 9.17) is 4.74 Å². The van der Waals surface area contributed by atoms with Gasteiger partial charge in [-0.05, 0) is 56.5 Å². The highest BCUT2D eigenvalue weighted by Crippen LogP contribution is 2.18. The van der Waals surface area contributed by atoms with Gasteiger partial charge in [0.1, 0.15) is 5.75 Å². The fraction of sp³-hybridized carbons (Fsp3) is 0.400. The molecule has 5 heteroatoms. The Labute approximate surface area is 149 Å². The lowest BCUT2D eigenvalue weighted by atomic mass is 10.1. The average Bonchev–Trinajstić information content (AvgIpc) is 2.56. The summed E-state index contributed by atoms with van der Waals surface area (Å²) in [6, 6.07) is 9.16. The first-order valence-electron chi connectivity index (χ1n) is 8.71. The predicted octanol–water partition coefficient (Wildman–Crippen LogP) is 4.58. The van der Waals surface area contributed by atoms with E-state index in [2.05, 4.69) is 29.5 Å². The molecule has 0 unspecified atom stereocenters. The van der Waals surface area contributed by atoms with Gasteiger partial charge in [-0.2, -0.15) is 0 Å². The molecule has 0 atom stereocenters. The third-order valence-corrected chi connectivity index (χ3v) is 3.54. The third kappa shape index (κ3) is 6.45. The first-order valence-corrected chi connectivity index (χ1v) is 8.71. The molecule has 1 amide bonds. The Morgan fingerprint density at radius 1 is 1.08 bits per heavy atom. The second-order valence-electron chi connectivity index (χ2n) is 6.72. The summed E-state index contributed by atoms with van der Waals surface area (Å²) in [5.41, 5.74) is 2.10. The summed E-state index contributed by atoms with van der Waals surface area (Å²) in [6.07, 6.45) is 4.49. The zero-order valence-electron chi connectivity index (χ0n) is 15.4. The monoisotopic (exact) mass is 341 g/mol. The van der Waals surface area contributed by atoms with E-state index in [9.17, 15) is 4.79 Å². The lowest BCUT2D eigenvalue weighted by Gasteiger charge is -2.11. The molecule has 0 aliphatic heterocycles. The Hall–Kier alpha value is -2.56. The Bertz CT molecular complexity index is 682. The van der Waals surface area contributed by atoms with Crippen LogP contribution in [-0.4, -0.2) is 23.5 Å². The summed E-state index contributed by atoms with van der Waals surface area (Å²) in [5.74, 6) is 1.23. The van der Waals surface area contributed by atoms with E-state index in [0.29, 0.717) is 11.5 Å². The van der Waals surface area contributed by atoms with Crippen LogP contribution in [0.4, 0.5) is 11.4 Å². The van der Waals surface area contributed by atoms with Gasteiger partial charge in [0.05, 0.1) is 17.4 Å². The van der Waals surface area contributed by atoms with E-state index in [0.717, 1.165) is 30.1 Å². The molecule has 1 aromatic carbocycles. The molecule has 0 spiro atoms. The first kappa shape index (κ1) is 18.8. The van der Waals surface area contributed by atoms with Gasteiger partial charge in [0.25, 0.3) is 5.91 Å². The van der Waals surface area contributed by atoms with Crippen LogP contribution in [0.25, 0.3) is 0 Å². The van der Waals surface area contributed by atoms with Crippen molar-refractivity contribution in [3.63, 3.8) is 0 Å². The molecule has 2 aromatic rings. The quantitative estimate of drug-likeness (QED) is 0.738. The SMILES string of the molecule is CC(C)CCNc1cncc(C(=O)Nc2ccc(OC(C)C)cc2)c1. The summed E-state index contributed by atoms with van der Waals surface area (Å²) in [5, 5.41) is 6.18. The topological polar surface area (TPSA) is 63.2 Å². The third-order valence-electron chi connectivity index (χ3n) is 3.54. The molecule has 0 aliphatic rings. The number of anilines is 2. The van der Waals surface area contributed by atoms with E-state index in [-0.39, 0.29) is 12.0 Å². The highest BCUT2D eigenvalue weighted by molar-refractivity contribution is 6.04. The van der Waals surface area contributed by atoms with Gasteiger partial charge in [-0.25, -0.2) is 0 Å². The lowest BCUT2D eigenvalue weighted by Crippen LogP contribution is -2.13. The van der Waals surface area contributed by atoms with E-state index in [1.54, 1.807) is 12.4 Å². The number of carbonyl (C=O) groups excluding carboxylic acids is 1. The van der Waals surface area contributed by atoms with Crippen molar-refractivity contribution < 1.29 is 9.53 Å². The number of nitrogens with zero attached hydrogens (tertiary/aromatic N) is 1. The van der Waals surface area contributed by atoms with Crippen molar-refractivity contribution >= 4 is 17.3 Å². The van der Waals surface area contributed by atoms with Gasteiger partial charge in [-0.1, -0.05) is 13.8 Å². The molecular formula is C20H27N3O2. The van der Waals surface area contributed by atoms with Crippen LogP contribution in [0.3, 0.4) is 0 Å². The van der Waals surface area contributed by atoms with Crippen molar-refractivity contribution in [2.45, 2.75) is 40.2 Å². The number of hydrogen-bond acceptors (Lipinski definition) is 4. The molecule has 0 fully saturated rings. The van der Waals surface area contributed by atoms with Crippen molar-refractivity contribution in [3.05, 3.63) is 48.3 Å². The number of pyridine rings is 1. The summed E-state index contributed by atoms with van der Waals surface area (Å²) in [4.78, 5) is 16.5. The van der Waals surface area contributed by atoms with Crippen LogP contribution in [0.1, 0.15) is 44.5 Å². The van der Waals surface area contributed by atoms with Gasteiger partial charge >= 0.3 is 0 Å². The molecule has 5 nitrogen and oxygen atoms in total. The maximum absolute atomic E-state index is 12.4. The van der Waals surface area contributed by atoms with Crippen molar-refractivity contribution in [2.24, 2.45) is 5.92 Å². The Kier molecular flexibility index (Phi) is 6.81. The first-order chi connectivity index (χ1) is 11.9. The fourth-order valence-corrected chi connectivity index (χ4v) is 2.26. The Morgan fingerprint density at radius 3 is 2.44 bits per heavy atom. The van der Waals surface area contributed by atoms with Crippen LogP contribution in [-0.2, 0) is 0 Å². The lowest BCUT2D eigenvalue weighted by molar-refractivity contribution is 0.102. The van der Waals surface area contributed by atoms with E-state index >= 15 is 0 Å². The fourth-order valence-electron chi connectivity index (χ4n) is 2.26. The van der Waals surface area contributed by atoms with Crippen molar-refractivity contribution in [2.75, 3.05) is 17.2 Å². The van der Waals surface area contributed by atoms with Crippen molar-refractivity contribution in [1.29, 1.82) is 0 Å². The van der Waals surface area contributed by atoms with E-state index in [1.165, 1.54) is 0 Å². The second kappa shape index (κ2) is 9.06. The Morgan fingerprint density at radius 2 is 1.80 bits per heavy atom. The largest absolute Gasteiger partial charge is 0.491 e. The summed E-state index contributed by atoms with van der Waals surface area (Å²) < 4.78 is 5.60. The summed E-state index contributed by atoms with van der Waals surface area (Å²) in [6.45, 7) is 9.18. The van der Waals surface area contributed by atoms with Gasteiger partial charge in [0.2, 0.25) is 0 Å². The molecular weight excluding hydrogens is 314 g/mol. The molecule has 134 valence electrons. The van der Waals surface area contributed by atoms with Gasteiger partial charge < -0.3 is 15.4 Å². The smallest absolute Gasteiger partial charge is 0.257 e. The molecule has 0 radical (unpaired) electrons. The minimum Gasteiger partial charge on any atom is -0.491 e. The molecule has 2 N–H and O–H groups in total. The zero-order chi connectivity index (χ0) is 18.2. The van der Waals surface area contributed by atoms with Gasteiger partial charge in [0.15, 0.2) is 0 Å². The Balaban J connectivity index is 1.96. The van der Waals surface area contributed by atoms with Crippen molar-refractivity contribution in [1.82, 2.24) is 4.98 Å². The van der Waals surface area contributed by atoms with Crippen LogP contribution in [0.2, 0.25) is 0 Å². The van der Waals surface area contributed by atoms with Gasteiger partial charge in [0, 0.05) is 24.6 Å². The van der Waals surface area contributed by atoms with Crippen LogP contribution in [0.15, 0.2) is 42.7 Å². The average molecular weight is 341 g/mol. The summed E-state index contributed by atoms with van der Waals surface area (Å²) in [7, 11) is 0. The minimum atomic E-state index is -0.183. The number of ether oxygens (including phenoxy) is 1. The highest BCUT2D eigenvalue weighted by atomic mass is 16.5. The summed E-state index contributed by atoms with van der Waals surface area (Å²) >= 11 is 0. The molecule has 1 heterocycles. The predicted molar refractivity (Wildman–Crippen MR) is 102 cm³/mol. The van der Waals surface area contributed by atoms with Gasteiger partial charge in [-0.3, -0.25) is 9.78 Å². The number of carbonyl (C=O) groups is 1. The van der Waals surface area contributed by atoms with Crippen LogP contribution in [0, 0.1) is 5.92 Å². The van der Waals surface area contributed by atoms with E-state index < -0.39 is 0 Å². The van der Waals surface area contributed by atoms with E-state index in [1.807, 2.05) is 44.2 Å². The molecule has 0 saturated heterocycles.